The van der Waals surface area contributed by atoms with Crippen LogP contribution in [-0.4, -0.2) is 47.5 Å². The summed E-state index contributed by atoms with van der Waals surface area (Å²) >= 11 is 1.91. The molecule has 3 nitrogen and oxygen atoms in total. The minimum Gasteiger partial charge on any atom is -0.340 e. The molecule has 100 valence electrons. The van der Waals surface area contributed by atoms with Crippen molar-refractivity contribution in [2.24, 2.45) is 0 Å². The molecular formula is C13H26N2OS. The van der Waals surface area contributed by atoms with Crippen LogP contribution < -0.4 is 5.32 Å². The van der Waals surface area contributed by atoms with E-state index >= 15 is 0 Å². The van der Waals surface area contributed by atoms with E-state index in [1.54, 1.807) is 0 Å². The monoisotopic (exact) mass is 258 g/mol. The number of thioether (sulfide) groups is 1. The molecule has 0 aromatic rings. The first kappa shape index (κ1) is 14.8. The summed E-state index contributed by atoms with van der Waals surface area (Å²) in [5.41, 5.74) is 0. The minimum absolute atomic E-state index is 0.0632. The van der Waals surface area contributed by atoms with Crippen molar-refractivity contribution in [1.29, 1.82) is 0 Å². The predicted molar refractivity (Wildman–Crippen MR) is 75.5 cm³/mol. The Bertz CT molecular complexity index is 246. The summed E-state index contributed by atoms with van der Waals surface area (Å²) in [7, 11) is 0. The zero-order valence-electron chi connectivity index (χ0n) is 11.6. The molecule has 0 spiro atoms. The molecule has 1 heterocycles. The van der Waals surface area contributed by atoms with E-state index in [-0.39, 0.29) is 10.8 Å². The number of carbonyl (C=O) groups is 1. The number of hydrogen-bond acceptors (Lipinski definition) is 3. The minimum atomic E-state index is 0.0632. The summed E-state index contributed by atoms with van der Waals surface area (Å²) < 4.78 is 0.247. The molecule has 1 amide bonds. The van der Waals surface area contributed by atoms with Gasteiger partial charge in [-0.2, -0.15) is 11.8 Å². The molecule has 0 aliphatic carbocycles. The Kier molecular flexibility index (Phi) is 5.80. The molecule has 1 aliphatic heterocycles. The Labute approximate surface area is 110 Å². The van der Waals surface area contributed by atoms with E-state index in [1.807, 2.05) is 11.8 Å². The van der Waals surface area contributed by atoms with Gasteiger partial charge in [0, 0.05) is 17.8 Å². The second-order valence-electron chi connectivity index (χ2n) is 4.75. The van der Waals surface area contributed by atoms with Crippen LogP contribution in [0.15, 0.2) is 0 Å². The number of likely N-dealkylation sites (N-methyl/N-ethyl adjacent to an activating group) is 1. The fourth-order valence-electron chi connectivity index (χ4n) is 2.51. The van der Waals surface area contributed by atoms with E-state index in [9.17, 15) is 4.79 Å². The molecule has 0 bridgehead atoms. The third-order valence-corrected chi connectivity index (χ3v) is 5.52. The van der Waals surface area contributed by atoms with Gasteiger partial charge in [-0.3, -0.25) is 4.79 Å². The predicted octanol–water partition coefficient (Wildman–Crippen LogP) is 2.12. The molecule has 1 N–H and O–H groups in total. The number of rotatable bonds is 7. The Morgan fingerprint density at radius 3 is 2.53 bits per heavy atom. The van der Waals surface area contributed by atoms with Crippen LogP contribution in [0.25, 0.3) is 0 Å². The normalized spacial score (nSPS) is 21.3. The van der Waals surface area contributed by atoms with Gasteiger partial charge in [0.1, 0.15) is 0 Å². The van der Waals surface area contributed by atoms with Gasteiger partial charge in [0.2, 0.25) is 5.91 Å². The van der Waals surface area contributed by atoms with Gasteiger partial charge in [-0.05, 0) is 32.1 Å². The summed E-state index contributed by atoms with van der Waals surface area (Å²) in [5.74, 6) is 0.298. The maximum absolute atomic E-state index is 12.2. The zero-order chi connectivity index (χ0) is 12.9. The van der Waals surface area contributed by atoms with Gasteiger partial charge in [-0.25, -0.2) is 0 Å². The van der Waals surface area contributed by atoms with Crippen molar-refractivity contribution in [2.45, 2.75) is 50.8 Å². The number of nitrogens with zero attached hydrogens (tertiary/aromatic N) is 1. The number of amides is 1. The average Bonchev–Trinajstić information content (AvgIpc) is 2.69. The lowest BCUT2D eigenvalue weighted by atomic mass is 10.0. The molecule has 1 rings (SSSR count). The fourth-order valence-corrected chi connectivity index (χ4v) is 3.37. The SMILES string of the molecule is CCNC1CCN(CC(CC)(CC)SC)C1=O. The van der Waals surface area contributed by atoms with E-state index in [0.29, 0.717) is 5.91 Å². The van der Waals surface area contributed by atoms with E-state index < -0.39 is 0 Å². The van der Waals surface area contributed by atoms with Crippen molar-refractivity contribution < 1.29 is 4.79 Å². The van der Waals surface area contributed by atoms with E-state index in [2.05, 4.69) is 37.2 Å². The summed E-state index contributed by atoms with van der Waals surface area (Å²) in [6.07, 6.45) is 5.38. The molecule has 1 unspecified atom stereocenters. The first-order chi connectivity index (χ1) is 8.12. The quantitative estimate of drug-likeness (QED) is 0.759. The number of nitrogens with one attached hydrogen (secondary N) is 1. The Hall–Kier alpha value is -0.220. The van der Waals surface area contributed by atoms with Gasteiger partial charge in [-0.1, -0.05) is 20.8 Å². The number of carbonyl (C=O) groups excluding carboxylic acids is 1. The summed E-state index contributed by atoms with van der Waals surface area (Å²) in [5, 5.41) is 3.27. The molecule has 1 saturated heterocycles. The van der Waals surface area contributed by atoms with Crippen LogP contribution in [0.1, 0.15) is 40.0 Å². The van der Waals surface area contributed by atoms with Crippen molar-refractivity contribution in [3.63, 3.8) is 0 Å². The van der Waals surface area contributed by atoms with Crippen LogP contribution in [0.2, 0.25) is 0 Å². The topological polar surface area (TPSA) is 32.3 Å². The van der Waals surface area contributed by atoms with Crippen molar-refractivity contribution in [1.82, 2.24) is 10.2 Å². The van der Waals surface area contributed by atoms with Crippen LogP contribution in [0.4, 0.5) is 0 Å². The largest absolute Gasteiger partial charge is 0.340 e. The highest BCUT2D eigenvalue weighted by Crippen LogP contribution is 2.32. The van der Waals surface area contributed by atoms with E-state index in [0.717, 1.165) is 38.9 Å². The second kappa shape index (κ2) is 6.64. The molecule has 4 heteroatoms. The van der Waals surface area contributed by atoms with Crippen molar-refractivity contribution in [3.8, 4) is 0 Å². The lowest BCUT2D eigenvalue weighted by Crippen LogP contribution is -2.44. The number of hydrogen-bond donors (Lipinski definition) is 1. The maximum Gasteiger partial charge on any atom is 0.239 e. The van der Waals surface area contributed by atoms with Crippen LogP contribution in [0.5, 0.6) is 0 Å². The Morgan fingerprint density at radius 1 is 1.41 bits per heavy atom. The first-order valence-corrected chi connectivity index (χ1v) is 7.92. The second-order valence-corrected chi connectivity index (χ2v) is 6.03. The highest BCUT2D eigenvalue weighted by molar-refractivity contribution is 8.00. The van der Waals surface area contributed by atoms with Gasteiger partial charge in [0.05, 0.1) is 6.04 Å². The molecule has 0 aromatic carbocycles. The van der Waals surface area contributed by atoms with Gasteiger partial charge in [-0.15, -0.1) is 0 Å². The van der Waals surface area contributed by atoms with Gasteiger partial charge < -0.3 is 10.2 Å². The highest BCUT2D eigenvalue weighted by atomic mass is 32.2. The van der Waals surface area contributed by atoms with Gasteiger partial charge >= 0.3 is 0 Å². The Balaban J connectivity index is 2.60. The van der Waals surface area contributed by atoms with Gasteiger partial charge in [0.25, 0.3) is 0 Å². The van der Waals surface area contributed by atoms with Gasteiger partial charge in [0.15, 0.2) is 0 Å². The van der Waals surface area contributed by atoms with Crippen molar-refractivity contribution >= 4 is 17.7 Å². The Morgan fingerprint density at radius 2 is 2.06 bits per heavy atom. The van der Waals surface area contributed by atoms with Crippen molar-refractivity contribution in [3.05, 3.63) is 0 Å². The lowest BCUT2D eigenvalue weighted by molar-refractivity contribution is -0.129. The third-order valence-electron chi connectivity index (χ3n) is 3.95. The fraction of sp³-hybridized carbons (Fsp3) is 0.923. The summed E-state index contributed by atoms with van der Waals surface area (Å²) in [4.78, 5) is 14.2. The maximum atomic E-state index is 12.2. The number of likely N-dealkylation sites (tertiary alicyclic amines) is 1. The highest BCUT2D eigenvalue weighted by Gasteiger charge is 2.36. The average molecular weight is 258 g/mol. The molecule has 1 fully saturated rings. The summed E-state index contributed by atoms with van der Waals surface area (Å²) in [6, 6.07) is 0.0632. The smallest absolute Gasteiger partial charge is 0.239 e. The molecule has 1 aliphatic rings. The molecule has 0 aromatic heterocycles. The molecule has 0 saturated carbocycles. The lowest BCUT2D eigenvalue weighted by Gasteiger charge is -2.34. The molecular weight excluding hydrogens is 232 g/mol. The first-order valence-electron chi connectivity index (χ1n) is 6.69. The van der Waals surface area contributed by atoms with Crippen LogP contribution in [0, 0.1) is 0 Å². The standard InChI is InChI=1S/C13H26N2OS/c1-5-13(6-2,17-4)10-15-9-8-11(12(15)16)14-7-3/h11,14H,5-10H2,1-4H3. The van der Waals surface area contributed by atoms with Crippen LogP contribution >= 0.6 is 11.8 Å². The molecule has 0 radical (unpaired) electrons. The van der Waals surface area contributed by atoms with Crippen LogP contribution in [-0.2, 0) is 4.79 Å². The van der Waals surface area contributed by atoms with Crippen LogP contribution in [0.3, 0.4) is 0 Å². The zero-order valence-corrected chi connectivity index (χ0v) is 12.4. The third kappa shape index (κ3) is 3.38. The molecule has 17 heavy (non-hydrogen) atoms. The van der Waals surface area contributed by atoms with E-state index in [1.165, 1.54) is 0 Å². The van der Waals surface area contributed by atoms with E-state index in [4.69, 9.17) is 0 Å². The molecule has 1 atom stereocenters. The van der Waals surface area contributed by atoms with Crippen molar-refractivity contribution in [2.75, 3.05) is 25.9 Å². The summed E-state index contributed by atoms with van der Waals surface area (Å²) in [6.45, 7) is 9.20.